The molecule has 1 aliphatic carbocycles. The molecule has 1 aliphatic heterocycles. The van der Waals surface area contributed by atoms with Crippen LogP contribution in [0.5, 0.6) is 11.5 Å². The summed E-state index contributed by atoms with van der Waals surface area (Å²) < 4.78 is 10.6. The number of hydrogen-bond acceptors (Lipinski definition) is 5. The van der Waals surface area contributed by atoms with Gasteiger partial charge in [0, 0.05) is 31.2 Å². The lowest BCUT2D eigenvalue weighted by Crippen LogP contribution is -2.46. The highest BCUT2D eigenvalue weighted by Crippen LogP contribution is 2.36. The van der Waals surface area contributed by atoms with Crippen molar-refractivity contribution in [1.82, 2.24) is 10.2 Å². The van der Waals surface area contributed by atoms with Gasteiger partial charge in [0.2, 0.25) is 0 Å². The number of piperidine rings is 1. The molecule has 1 aromatic carbocycles. The van der Waals surface area contributed by atoms with E-state index in [1.54, 1.807) is 6.07 Å². The fraction of sp³-hybridized carbons (Fsp3) is 0.636. The molecule has 2 amide bonds. The molecule has 0 unspecified atom stereocenters. The number of rotatable bonds is 8. The Morgan fingerprint density at radius 2 is 1.87 bits per heavy atom. The number of hydrogen-bond donors (Lipinski definition) is 2. The second-order valence-electron chi connectivity index (χ2n) is 8.30. The van der Waals surface area contributed by atoms with Crippen molar-refractivity contribution >= 4 is 23.4 Å². The van der Waals surface area contributed by atoms with E-state index >= 15 is 0 Å². The summed E-state index contributed by atoms with van der Waals surface area (Å²) >= 11 is 6.25. The predicted molar refractivity (Wildman–Crippen MR) is 116 cm³/mol. The third-order valence-corrected chi connectivity index (χ3v) is 6.30. The first kappa shape index (κ1) is 22.7. The zero-order valence-electron chi connectivity index (χ0n) is 17.6. The average molecular weight is 438 g/mol. The first-order valence-corrected chi connectivity index (χ1v) is 11.2. The second-order valence-corrected chi connectivity index (χ2v) is 8.70. The largest absolute Gasteiger partial charge is 0.493 e. The van der Waals surface area contributed by atoms with Crippen LogP contribution in [-0.4, -0.2) is 56.1 Å². The molecule has 2 fully saturated rings. The van der Waals surface area contributed by atoms with Crippen LogP contribution >= 0.6 is 11.6 Å². The highest BCUT2D eigenvalue weighted by Gasteiger charge is 2.25. The lowest BCUT2D eigenvalue weighted by Gasteiger charge is -2.35. The molecule has 0 radical (unpaired) electrons. The van der Waals surface area contributed by atoms with Crippen LogP contribution in [0.4, 0.5) is 0 Å². The van der Waals surface area contributed by atoms with Gasteiger partial charge in [-0.1, -0.05) is 30.9 Å². The molecule has 7 nitrogen and oxygen atoms in total. The number of amides is 2. The summed E-state index contributed by atoms with van der Waals surface area (Å²) in [5.41, 5.74) is 5.51. The van der Waals surface area contributed by atoms with E-state index in [2.05, 4.69) is 10.2 Å². The Kier molecular flexibility index (Phi) is 8.22. The Morgan fingerprint density at radius 3 is 2.50 bits per heavy atom. The molecule has 0 atom stereocenters. The van der Waals surface area contributed by atoms with Gasteiger partial charge in [0.15, 0.2) is 18.1 Å². The van der Waals surface area contributed by atoms with E-state index in [4.69, 9.17) is 26.8 Å². The topological polar surface area (TPSA) is 93.9 Å². The Morgan fingerprint density at radius 1 is 1.17 bits per heavy atom. The summed E-state index contributed by atoms with van der Waals surface area (Å²) in [6.07, 6.45) is 8.74. The van der Waals surface area contributed by atoms with E-state index in [-0.39, 0.29) is 35.1 Å². The van der Waals surface area contributed by atoms with Crippen LogP contribution in [0.1, 0.15) is 55.3 Å². The molecule has 0 aromatic heterocycles. The number of ether oxygens (including phenoxy) is 2. The normalized spacial score (nSPS) is 18.7. The average Bonchev–Trinajstić information content (AvgIpc) is 2.74. The van der Waals surface area contributed by atoms with Crippen molar-refractivity contribution in [2.45, 2.75) is 51.0 Å². The van der Waals surface area contributed by atoms with Crippen LogP contribution in [0.15, 0.2) is 12.1 Å². The van der Waals surface area contributed by atoms with Crippen LogP contribution in [0.3, 0.4) is 0 Å². The van der Waals surface area contributed by atoms with Crippen molar-refractivity contribution < 1.29 is 19.1 Å². The SMILES string of the molecule is COc1cc(C(=O)NC2CCN(CC3CCCCC3)CC2)cc(Cl)c1OCC(N)=O. The smallest absolute Gasteiger partial charge is 0.255 e. The van der Waals surface area contributed by atoms with E-state index in [0.717, 1.165) is 31.8 Å². The van der Waals surface area contributed by atoms with Crippen molar-refractivity contribution in [3.8, 4) is 11.5 Å². The molecule has 0 spiro atoms. The molecular weight excluding hydrogens is 406 g/mol. The fourth-order valence-electron chi connectivity index (χ4n) is 4.40. The number of methoxy groups -OCH3 is 1. The number of carbonyl (C=O) groups excluding carboxylic acids is 2. The number of nitrogens with two attached hydrogens (primary N) is 1. The van der Waals surface area contributed by atoms with Gasteiger partial charge in [0.1, 0.15) is 0 Å². The lowest BCUT2D eigenvalue weighted by molar-refractivity contribution is -0.119. The lowest BCUT2D eigenvalue weighted by atomic mass is 9.88. The Hall–Kier alpha value is -1.99. The molecule has 1 saturated carbocycles. The molecular formula is C22H32ClN3O4. The molecule has 1 saturated heterocycles. The first-order chi connectivity index (χ1) is 14.5. The minimum Gasteiger partial charge on any atom is -0.493 e. The van der Waals surface area contributed by atoms with Gasteiger partial charge in [-0.3, -0.25) is 9.59 Å². The number of likely N-dealkylation sites (tertiary alicyclic amines) is 1. The summed E-state index contributed by atoms with van der Waals surface area (Å²) in [5, 5.41) is 3.31. The van der Waals surface area contributed by atoms with Gasteiger partial charge < -0.3 is 25.4 Å². The van der Waals surface area contributed by atoms with Gasteiger partial charge in [-0.15, -0.1) is 0 Å². The number of nitrogens with zero attached hydrogens (tertiary/aromatic N) is 1. The Bertz CT molecular complexity index is 744. The van der Waals surface area contributed by atoms with Crippen LogP contribution in [0.2, 0.25) is 5.02 Å². The van der Waals surface area contributed by atoms with Crippen molar-refractivity contribution in [3.63, 3.8) is 0 Å². The van der Waals surface area contributed by atoms with E-state index in [9.17, 15) is 9.59 Å². The maximum atomic E-state index is 12.8. The minimum atomic E-state index is -0.621. The number of benzene rings is 1. The van der Waals surface area contributed by atoms with Crippen molar-refractivity contribution in [2.24, 2.45) is 11.7 Å². The predicted octanol–water partition coefficient (Wildman–Crippen LogP) is 2.99. The third-order valence-electron chi connectivity index (χ3n) is 6.01. The quantitative estimate of drug-likeness (QED) is 0.652. The van der Waals surface area contributed by atoms with Crippen LogP contribution in [-0.2, 0) is 4.79 Å². The second kappa shape index (κ2) is 10.9. The molecule has 2 aliphatic rings. The van der Waals surface area contributed by atoms with Gasteiger partial charge in [-0.25, -0.2) is 0 Å². The fourth-order valence-corrected chi connectivity index (χ4v) is 4.66. The number of halogens is 1. The molecule has 30 heavy (non-hydrogen) atoms. The summed E-state index contributed by atoms with van der Waals surface area (Å²) in [6.45, 7) is 2.91. The molecule has 3 rings (SSSR count). The van der Waals surface area contributed by atoms with Crippen molar-refractivity contribution in [1.29, 1.82) is 0 Å². The monoisotopic (exact) mass is 437 g/mol. The van der Waals surface area contributed by atoms with E-state index in [0.29, 0.717) is 5.56 Å². The maximum absolute atomic E-state index is 12.8. The molecule has 1 aromatic rings. The van der Waals surface area contributed by atoms with E-state index in [1.165, 1.54) is 51.8 Å². The molecule has 1 heterocycles. The molecule has 0 bridgehead atoms. The Labute approximate surface area is 183 Å². The summed E-state index contributed by atoms with van der Waals surface area (Å²) in [5.74, 6) is 0.517. The van der Waals surface area contributed by atoms with Crippen molar-refractivity contribution in [3.05, 3.63) is 22.7 Å². The standard InChI is InChI=1S/C22H32ClN3O4/c1-29-19-12-16(11-18(23)21(19)30-14-20(24)27)22(28)25-17-7-9-26(10-8-17)13-15-5-3-2-4-6-15/h11-12,15,17H,2-10,13-14H2,1H3,(H2,24,27)(H,25,28). The number of primary amides is 1. The van der Waals surface area contributed by atoms with Crippen molar-refractivity contribution in [2.75, 3.05) is 33.4 Å². The van der Waals surface area contributed by atoms with E-state index < -0.39 is 5.91 Å². The molecule has 166 valence electrons. The van der Waals surface area contributed by atoms with Crippen LogP contribution in [0.25, 0.3) is 0 Å². The van der Waals surface area contributed by atoms with Gasteiger partial charge >= 0.3 is 0 Å². The highest BCUT2D eigenvalue weighted by atomic mass is 35.5. The van der Waals surface area contributed by atoms with E-state index in [1.807, 2.05) is 0 Å². The summed E-state index contributed by atoms with van der Waals surface area (Å²) in [7, 11) is 1.45. The summed E-state index contributed by atoms with van der Waals surface area (Å²) in [6, 6.07) is 3.24. The van der Waals surface area contributed by atoms with Crippen LogP contribution in [0, 0.1) is 5.92 Å². The van der Waals surface area contributed by atoms with Crippen LogP contribution < -0.4 is 20.5 Å². The molecule has 3 N–H and O–H groups in total. The minimum absolute atomic E-state index is 0.149. The summed E-state index contributed by atoms with van der Waals surface area (Å²) in [4.78, 5) is 26.3. The Balaban J connectivity index is 1.53. The zero-order valence-corrected chi connectivity index (χ0v) is 18.4. The van der Waals surface area contributed by atoms with Gasteiger partial charge in [0.05, 0.1) is 12.1 Å². The third kappa shape index (κ3) is 6.25. The first-order valence-electron chi connectivity index (χ1n) is 10.8. The molecule has 8 heteroatoms. The van der Waals surface area contributed by atoms with Gasteiger partial charge in [0.25, 0.3) is 11.8 Å². The number of nitrogens with one attached hydrogen (secondary N) is 1. The highest BCUT2D eigenvalue weighted by molar-refractivity contribution is 6.32. The van der Waals surface area contributed by atoms with Gasteiger partial charge in [-0.2, -0.15) is 0 Å². The number of carbonyl (C=O) groups is 2. The maximum Gasteiger partial charge on any atom is 0.255 e. The zero-order chi connectivity index (χ0) is 21.5. The van der Waals surface area contributed by atoms with Gasteiger partial charge in [-0.05, 0) is 43.7 Å².